The molecule has 2 aliphatic rings. The van der Waals surface area contributed by atoms with E-state index in [1.165, 1.54) is 6.33 Å². The van der Waals surface area contributed by atoms with Gasteiger partial charge in [0.2, 0.25) is 5.91 Å². The second kappa shape index (κ2) is 5.91. The first-order valence-electron chi connectivity index (χ1n) is 8.17. The predicted molar refractivity (Wildman–Crippen MR) is 85.9 cm³/mol. The zero-order chi connectivity index (χ0) is 16.7. The largest absolute Gasteiger partial charge is 0.345 e. The van der Waals surface area contributed by atoms with Crippen molar-refractivity contribution < 1.29 is 9.59 Å². The van der Waals surface area contributed by atoms with Gasteiger partial charge in [0, 0.05) is 33.1 Å². The Morgan fingerprint density at radius 3 is 2.48 bits per heavy atom. The zero-order valence-corrected chi connectivity index (χ0v) is 14.2. The summed E-state index contributed by atoms with van der Waals surface area (Å²) >= 11 is 0. The molecule has 6 heteroatoms. The van der Waals surface area contributed by atoms with E-state index in [0.29, 0.717) is 23.8 Å². The summed E-state index contributed by atoms with van der Waals surface area (Å²) in [5.41, 5.74) is 2.05. The van der Waals surface area contributed by atoms with Crippen molar-refractivity contribution in [1.29, 1.82) is 0 Å². The van der Waals surface area contributed by atoms with Gasteiger partial charge in [-0.15, -0.1) is 0 Å². The van der Waals surface area contributed by atoms with Gasteiger partial charge < -0.3 is 9.80 Å². The third-order valence-corrected chi connectivity index (χ3v) is 5.50. The molecule has 1 aromatic heterocycles. The molecule has 0 N–H and O–H groups in total. The summed E-state index contributed by atoms with van der Waals surface area (Å²) in [5, 5.41) is 0. The minimum atomic E-state index is -0.0103. The second-order valence-corrected chi connectivity index (χ2v) is 6.96. The molecule has 1 saturated carbocycles. The number of fused-ring (bicyclic) bond motifs is 1. The highest BCUT2D eigenvalue weighted by atomic mass is 16.2. The minimum Gasteiger partial charge on any atom is -0.345 e. The van der Waals surface area contributed by atoms with Crippen LogP contribution in [0.5, 0.6) is 0 Å². The lowest BCUT2D eigenvalue weighted by molar-refractivity contribution is -0.134. The molecule has 0 unspecified atom stereocenters. The molecule has 0 radical (unpaired) electrons. The van der Waals surface area contributed by atoms with Crippen LogP contribution in [0.25, 0.3) is 0 Å². The number of rotatable bonds is 2. The van der Waals surface area contributed by atoms with Gasteiger partial charge in [0.15, 0.2) is 0 Å². The Balaban J connectivity index is 1.75. The lowest BCUT2D eigenvalue weighted by Gasteiger charge is -2.31. The normalized spacial score (nSPS) is 27.0. The number of piperidine rings is 1. The van der Waals surface area contributed by atoms with E-state index in [2.05, 4.69) is 9.97 Å². The highest BCUT2D eigenvalue weighted by Gasteiger charge is 2.42. The van der Waals surface area contributed by atoms with E-state index in [1.54, 1.807) is 0 Å². The predicted octanol–water partition coefficient (Wildman–Crippen LogP) is 1.42. The molecular weight excluding hydrogens is 292 g/mol. The van der Waals surface area contributed by atoms with Gasteiger partial charge in [-0.25, -0.2) is 9.97 Å². The van der Waals surface area contributed by atoms with Crippen LogP contribution >= 0.6 is 0 Å². The lowest BCUT2D eigenvalue weighted by Crippen LogP contribution is -2.40. The number of aryl methyl sites for hydroxylation is 2. The zero-order valence-electron chi connectivity index (χ0n) is 14.2. The molecule has 3 rings (SSSR count). The summed E-state index contributed by atoms with van der Waals surface area (Å²) in [4.78, 5) is 36.7. The van der Waals surface area contributed by atoms with Crippen molar-refractivity contribution >= 4 is 11.8 Å². The SMILES string of the molecule is Cc1ncnc(C)c1C(=O)N(C)[C@H]1C[C@H]2CC(=O)N(C)C[C@H]2C1. The number of carbonyl (C=O) groups excluding carboxylic acids is 2. The first kappa shape index (κ1) is 15.9. The number of nitrogens with zero attached hydrogens (tertiary/aromatic N) is 4. The Bertz CT molecular complexity index is 625. The summed E-state index contributed by atoms with van der Waals surface area (Å²) in [6, 6.07) is 0.191. The van der Waals surface area contributed by atoms with Gasteiger partial charge in [0.25, 0.3) is 5.91 Å². The summed E-state index contributed by atoms with van der Waals surface area (Å²) in [6.45, 7) is 4.50. The van der Waals surface area contributed by atoms with Crippen LogP contribution in [-0.2, 0) is 4.79 Å². The van der Waals surface area contributed by atoms with Crippen molar-refractivity contribution in [2.75, 3.05) is 20.6 Å². The molecule has 2 heterocycles. The van der Waals surface area contributed by atoms with Crippen molar-refractivity contribution in [1.82, 2.24) is 19.8 Å². The number of hydrogen-bond acceptors (Lipinski definition) is 4. The standard InChI is InChI=1S/C17H24N4O2/c1-10-16(11(2)19-9-18-10)17(23)21(4)14-5-12-7-15(22)20(3)8-13(12)6-14/h9,12-14H,5-8H2,1-4H3/t12-,13+,14-/m0/s1. The number of carbonyl (C=O) groups is 2. The molecule has 1 aromatic rings. The van der Waals surface area contributed by atoms with Crippen molar-refractivity contribution in [2.24, 2.45) is 11.8 Å². The van der Waals surface area contributed by atoms with E-state index in [9.17, 15) is 9.59 Å². The van der Waals surface area contributed by atoms with Gasteiger partial charge in [0.05, 0.1) is 17.0 Å². The van der Waals surface area contributed by atoms with Crippen LogP contribution in [0.4, 0.5) is 0 Å². The van der Waals surface area contributed by atoms with Crippen molar-refractivity contribution in [3.63, 3.8) is 0 Å². The first-order valence-corrected chi connectivity index (χ1v) is 8.17. The van der Waals surface area contributed by atoms with E-state index < -0.39 is 0 Å². The summed E-state index contributed by atoms with van der Waals surface area (Å²) in [5.74, 6) is 1.13. The summed E-state index contributed by atoms with van der Waals surface area (Å²) in [6.07, 6.45) is 3.99. The van der Waals surface area contributed by atoms with Gasteiger partial charge in [-0.1, -0.05) is 0 Å². The van der Waals surface area contributed by atoms with Gasteiger partial charge in [-0.2, -0.15) is 0 Å². The van der Waals surface area contributed by atoms with E-state index in [4.69, 9.17) is 0 Å². The van der Waals surface area contributed by atoms with Crippen LogP contribution in [0, 0.1) is 25.7 Å². The fraction of sp³-hybridized carbons (Fsp3) is 0.647. The molecule has 3 atom stereocenters. The number of likely N-dealkylation sites (tertiary alicyclic amines) is 1. The first-order chi connectivity index (χ1) is 10.9. The van der Waals surface area contributed by atoms with Crippen LogP contribution in [0.3, 0.4) is 0 Å². The van der Waals surface area contributed by atoms with E-state index >= 15 is 0 Å². The summed E-state index contributed by atoms with van der Waals surface area (Å²) in [7, 11) is 3.73. The second-order valence-electron chi connectivity index (χ2n) is 6.96. The van der Waals surface area contributed by atoms with Crippen molar-refractivity contribution in [2.45, 2.75) is 39.2 Å². The number of hydrogen-bond donors (Lipinski definition) is 0. The average Bonchev–Trinajstić information content (AvgIpc) is 2.89. The Labute approximate surface area is 136 Å². The minimum absolute atomic E-state index is 0.0103. The molecule has 6 nitrogen and oxygen atoms in total. The molecule has 1 saturated heterocycles. The maximum absolute atomic E-state index is 12.9. The molecular formula is C17H24N4O2. The summed E-state index contributed by atoms with van der Waals surface area (Å²) < 4.78 is 0. The van der Waals surface area contributed by atoms with Crippen LogP contribution in [-0.4, -0.2) is 58.3 Å². The van der Waals surface area contributed by atoms with E-state index in [0.717, 1.165) is 30.8 Å². The van der Waals surface area contributed by atoms with Gasteiger partial charge in [-0.3, -0.25) is 9.59 Å². The Hall–Kier alpha value is -1.98. The van der Waals surface area contributed by atoms with E-state index in [1.807, 2.05) is 37.7 Å². The Morgan fingerprint density at radius 2 is 1.83 bits per heavy atom. The van der Waals surface area contributed by atoms with E-state index in [-0.39, 0.29) is 17.9 Å². The third-order valence-electron chi connectivity index (χ3n) is 5.50. The quantitative estimate of drug-likeness (QED) is 0.828. The highest BCUT2D eigenvalue weighted by Crippen LogP contribution is 2.40. The van der Waals surface area contributed by atoms with Gasteiger partial charge in [-0.05, 0) is 38.5 Å². The fourth-order valence-electron chi connectivity index (χ4n) is 4.05. The van der Waals surface area contributed by atoms with Gasteiger partial charge >= 0.3 is 0 Å². The van der Waals surface area contributed by atoms with Crippen molar-refractivity contribution in [3.05, 3.63) is 23.3 Å². The smallest absolute Gasteiger partial charge is 0.257 e. The lowest BCUT2D eigenvalue weighted by atomic mass is 9.88. The molecule has 124 valence electrons. The molecule has 0 bridgehead atoms. The number of aromatic nitrogens is 2. The molecule has 0 aromatic carbocycles. The number of amides is 2. The van der Waals surface area contributed by atoms with Crippen LogP contribution in [0.15, 0.2) is 6.33 Å². The Kier molecular flexibility index (Phi) is 4.08. The monoisotopic (exact) mass is 316 g/mol. The maximum Gasteiger partial charge on any atom is 0.257 e. The molecule has 1 aliphatic heterocycles. The topological polar surface area (TPSA) is 66.4 Å². The van der Waals surface area contributed by atoms with Gasteiger partial charge in [0.1, 0.15) is 6.33 Å². The molecule has 1 aliphatic carbocycles. The molecule has 2 fully saturated rings. The third kappa shape index (κ3) is 2.82. The fourth-order valence-corrected chi connectivity index (χ4v) is 4.05. The molecule has 0 spiro atoms. The highest BCUT2D eigenvalue weighted by molar-refractivity contribution is 5.96. The molecule has 2 amide bonds. The van der Waals surface area contributed by atoms with Crippen LogP contribution in [0.1, 0.15) is 41.0 Å². The van der Waals surface area contributed by atoms with Crippen LogP contribution < -0.4 is 0 Å². The molecule has 23 heavy (non-hydrogen) atoms. The Morgan fingerprint density at radius 1 is 1.22 bits per heavy atom. The maximum atomic E-state index is 12.9. The van der Waals surface area contributed by atoms with Crippen molar-refractivity contribution in [3.8, 4) is 0 Å². The average molecular weight is 316 g/mol. The van der Waals surface area contributed by atoms with Crippen LogP contribution in [0.2, 0.25) is 0 Å².